The highest BCUT2D eigenvalue weighted by Gasteiger charge is 2.26. The number of pyridine rings is 1. The first-order chi connectivity index (χ1) is 13.7. The number of sulfonamides is 1. The number of anilines is 1. The lowest BCUT2D eigenvalue weighted by molar-refractivity contribution is -0.116. The minimum Gasteiger partial charge on any atom is -0.325 e. The number of hydrogen-bond donors (Lipinski definition) is 2. The molecule has 29 heavy (non-hydrogen) atoms. The number of aromatic nitrogens is 4. The number of rotatable bonds is 5. The molecular formula is C19H20N6O3S. The fourth-order valence-electron chi connectivity index (χ4n) is 3.23. The van der Waals surface area contributed by atoms with E-state index in [1.807, 2.05) is 26.0 Å². The molecule has 0 aliphatic carbocycles. The molecule has 3 heterocycles. The Labute approximate surface area is 167 Å². The molecule has 1 aromatic carbocycles. The van der Waals surface area contributed by atoms with Gasteiger partial charge in [-0.25, -0.2) is 12.9 Å². The van der Waals surface area contributed by atoms with E-state index >= 15 is 0 Å². The van der Waals surface area contributed by atoms with Gasteiger partial charge in [0.05, 0.1) is 29.5 Å². The number of likely N-dealkylation sites (N-methyl/N-ethyl adjacent to an activating group) is 1. The van der Waals surface area contributed by atoms with E-state index in [-0.39, 0.29) is 11.4 Å². The van der Waals surface area contributed by atoms with Gasteiger partial charge < -0.3 is 5.32 Å². The van der Waals surface area contributed by atoms with Crippen LogP contribution in [0.15, 0.2) is 47.6 Å². The van der Waals surface area contributed by atoms with E-state index in [0.29, 0.717) is 16.6 Å². The molecule has 0 aliphatic heterocycles. The van der Waals surface area contributed by atoms with Crippen LogP contribution in [0.2, 0.25) is 0 Å². The molecule has 0 atom stereocenters. The second kappa shape index (κ2) is 6.98. The Bertz CT molecular complexity index is 1340. The van der Waals surface area contributed by atoms with Gasteiger partial charge in [0, 0.05) is 24.3 Å². The van der Waals surface area contributed by atoms with Gasteiger partial charge in [-0.1, -0.05) is 0 Å². The number of nitrogens with zero attached hydrogens (tertiary/aromatic N) is 4. The molecule has 0 radical (unpaired) electrons. The first-order valence-corrected chi connectivity index (χ1v) is 10.3. The van der Waals surface area contributed by atoms with Crippen LogP contribution in [0.4, 0.5) is 5.69 Å². The highest BCUT2D eigenvalue weighted by Crippen LogP contribution is 2.25. The maximum atomic E-state index is 13.0. The van der Waals surface area contributed by atoms with Crippen LogP contribution < -0.4 is 5.32 Å². The van der Waals surface area contributed by atoms with Crippen molar-refractivity contribution in [1.82, 2.24) is 24.1 Å². The molecule has 2 N–H and O–H groups in total. The molecule has 3 aromatic heterocycles. The Morgan fingerprint density at radius 1 is 1.24 bits per heavy atom. The van der Waals surface area contributed by atoms with Gasteiger partial charge in [0.25, 0.3) is 0 Å². The van der Waals surface area contributed by atoms with E-state index < -0.39 is 15.9 Å². The van der Waals surface area contributed by atoms with Crippen molar-refractivity contribution in [1.29, 1.82) is 0 Å². The summed E-state index contributed by atoms with van der Waals surface area (Å²) >= 11 is 0. The van der Waals surface area contributed by atoms with Gasteiger partial charge in [0.15, 0.2) is 0 Å². The number of amides is 1. The lowest BCUT2D eigenvalue weighted by Gasteiger charge is -2.18. The molecule has 10 heteroatoms. The minimum atomic E-state index is -3.89. The van der Waals surface area contributed by atoms with Crippen LogP contribution in [0.5, 0.6) is 0 Å². The van der Waals surface area contributed by atoms with Crippen molar-refractivity contribution in [2.24, 2.45) is 0 Å². The lowest BCUT2D eigenvalue weighted by Crippen LogP contribution is -2.35. The molecule has 9 nitrogen and oxygen atoms in total. The van der Waals surface area contributed by atoms with Crippen LogP contribution in [0, 0.1) is 13.8 Å². The van der Waals surface area contributed by atoms with Gasteiger partial charge in [-0.05, 0) is 49.7 Å². The summed E-state index contributed by atoms with van der Waals surface area (Å²) in [5, 5.41) is 14.4. The third kappa shape index (κ3) is 3.59. The summed E-state index contributed by atoms with van der Waals surface area (Å²) in [4.78, 5) is 12.6. The largest absolute Gasteiger partial charge is 0.325 e. The number of aromatic amines is 1. The summed E-state index contributed by atoms with van der Waals surface area (Å²) in [6.45, 7) is 3.37. The Hall–Kier alpha value is -3.24. The SMILES string of the molecule is Cc1cc(S(=O)(=O)N(C)CC(=O)Nc2ccn3nc(C)cc3c2)c2[nH]ncc2c1. The van der Waals surface area contributed by atoms with E-state index in [1.165, 1.54) is 7.05 Å². The highest BCUT2D eigenvalue weighted by molar-refractivity contribution is 7.89. The molecule has 0 saturated carbocycles. The second-order valence-corrected chi connectivity index (χ2v) is 8.99. The van der Waals surface area contributed by atoms with Crippen molar-refractivity contribution in [3.05, 3.63) is 54.0 Å². The van der Waals surface area contributed by atoms with Crippen molar-refractivity contribution < 1.29 is 13.2 Å². The Morgan fingerprint density at radius 2 is 2.03 bits per heavy atom. The number of carbonyl (C=O) groups is 1. The smallest absolute Gasteiger partial charge is 0.245 e. The van der Waals surface area contributed by atoms with E-state index in [4.69, 9.17) is 0 Å². The van der Waals surface area contributed by atoms with Crippen molar-refractivity contribution in [2.75, 3.05) is 18.9 Å². The number of hydrogen-bond acceptors (Lipinski definition) is 5. The lowest BCUT2D eigenvalue weighted by atomic mass is 10.2. The zero-order chi connectivity index (χ0) is 20.8. The van der Waals surface area contributed by atoms with Gasteiger partial charge in [0.1, 0.15) is 4.90 Å². The Kier molecular flexibility index (Phi) is 4.59. The van der Waals surface area contributed by atoms with E-state index in [9.17, 15) is 13.2 Å². The van der Waals surface area contributed by atoms with Gasteiger partial charge in [-0.2, -0.15) is 14.5 Å². The molecule has 0 bridgehead atoms. The normalized spacial score (nSPS) is 12.1. The number of aryl methyl sites for hydroxylation is 2. The molecule has 0 fully saturated rings. The van der Waals surface area contributed by atoms with Crippen LogP contribution in [0.25, 0.3) is 16.4 Å². The molecule has 150 valence electrons. The first-order valence-electron chi connectivity index (χ1n) is 8.90. The standard InChI is InChI=1S/C19H20N6O3S/c1-12-6-14-10-20-22-19(14)17(7-12)29(27,28)24(3)11-18(26)21-15-4-5-25-16(9-15)8-13(2)23-25/h4-10H,11H2,1-3H3,(H,20,22)(H,21,26). The quantitative estimate of drug-likeness (QED) is 0.521. The third-order valence-corrected chi connectivity index (χ3v) is 6.41. The van der Waals surface area contributed by atoms with Gasteiger partial charge in [-0.3, -0.25) is 9.89 Å². The molecule has 0 aliphatic rings. The zero-order valence-corrected chi connectivity index (χ0v) is 17.0. The summed E-state index contributed by atoms with van der Waals surface area (Å²) in [7, 11) is -2.51. The summed E-state index contributed by atoms with van der Waals surface area (Å²) in [6, 6.07) is 8.79. The number of fused-ring (bicyclic) bond motifs is 2. The molecule has 4 aromatic rings. The Morgan fingerprint density at radius 3 is 2.83 bits per heavy atom. The van der Waals surface area contributed by atoms with Crippen molar-refractivity contribution >= 4 is 38.0 Å². The first kappa shape index (κ1) is 19.1. The van der Waals surface area contributed by atoms with Crippen molar-refractivity contribution in [3.8, 4) is 0 Å². The number of benzene rings is 1. The minimum absolute atomic E-state index is 0.0939. The topological polar surface area (TPSA) is 112 Å². The van der Waals surface area contributed by atoms with Gasteiger partial charge in [0.2, 0.25) is 15.9 Å². The number of H-pyrrole nitrogens is 1. The maximum Gasteiger partial charge on any atom is 0.245 e. The van der Waals surface area contributed by atoms with Gasteiger partial charge in [-0.15, -0.1) is 0 Å². The monoisotopic (exact) mass is 412 g/mol. The zero-order valence-electron chi connectivity index (χ0n) is 16.2. The van der Waals surface area contributed by atoms with E-state index in [0.717, 1.165) is 21.1 Å². The number of carbonyl (C=O) groups excluding carboxylic acids is 1. The maximum absolute atomic E-state index is 13.0. The Balaban J connectivity index is 1.54. The predicted molar refractivity (Wildman–Crippen MR) is 109 cm³/mol. The number of nitrogens with one attached hydrogen (secondary N) is 2. The summed E-state index contributed by atoms with van der Waals surface area (Å²) < 4.78 is 28.8. The van der Waals surface area contributed by atoms with E-state index in [2.05, 4.69) is 20.6 Å². The van der Waals surface area contributed by atoms with E-state index in [1.54, 1.807) is 35.1 Å². The molecule has 0 spiro atoms. The van der Waals surface area contributed by atoms with Crippen LogP contribution >= 0.6 is 0 Å². The van der Waals surface area contributed by atoms with Crippen molar-refractivity contribution in [2.45, 2.75) is 18.7 Å². The van der Waals surface area contributed by atoms with Crippen LogP contribution in [0.3, 0.4) is 0 Å². The fraction of sp³-hybridized carbons (Fsp3) is 0.211. The molecular weight excluding hydrogens is 392 g/mol. The average molecular weight is 412 g/mol. The second-order valence-electron chi connectivity index (χ2n) is 6.98. The van der Waals surface area contributed by atoms with Crippen LogP contribution in [0.1, 0.15) is 11.3 Å². The molecule has 4 rings (SSSR count). The third-order valence-electron chi connectivity index (χ3n) is 4.58. The van der Waals surface area contributed by atoms with Crippen LogP contribution in [-0.2, 0) is 14.8 Å². The highest BCUT2D eigenvalue weighted by atomic mass is 32.2. The molecule has 0 unspecified atom stereocenters. The van der Waals surface area contributed by atoms with Gasteiger partial charge >= 0.3 is 0 Å². The fourth-order valence-corrected chi connectivity index (χ4v) is 4.61. The van der Waals surface area contributed by atoms with Crippen LogP contribution in [-0.4, -0.2) is 52.0 Å². The average Bonchev–Trinajstić information content (AvgIpc) is 3.25. The summed E-state index contributed by atoms with van der Waals surface area (Å²) in [5.41, 5.74) is 3.48. The summed E-state index contributed by atoms with van der Waals surface area (Å²) in [6.07, 6.45) is 3.31. The summed E-state index contributed by atoms with van der Waals surface area (Å²) in [5.74, 6) is -0.440. The molecule has 1 amide bonds. The molecule has 0 saturated heterocycles. The van der Waals surface area contributed by atoms with Crippen molar-refractivity contribution in [3.63, 3.8) is 0 Å². The predicted octanol–water partition coefficient (Wildman–Crippen LogP) is 2.09.